The molecule has 0 bridgehead atoms. The fourth-order valence-corrected chi connectivity index (χ4v) is 2.28. The lowest BCUT2D eigenvalue weighted by atomic mass is 10.2. The topological polar surface area (TPSA) is 102 Å². The van der Waals surface area contributed by atoms with Crippen LogP contribution in [0.2, 0.25) is 0 Å². The summed E-state index contributed by atoms with van der Waals surface area (Å²) in [6.45, 7) is 0. The van der Waals surface area contributed by atoms with Crippen LogP contribution in [0.15, 0.2) is 48.8 Å². The lowest BCUT2D eigenvalue weighted by Crippen LogP contribution is -2.15. The van der Waals surface area contributed by atoms with Crippen LogP contribution in [-0.4, -0.2) is 19.3 Å². The van der Waals surface area contributed by atoms with Crippen molar-refractivity contribution in [3.8, 4) is 0 Å². The molecule has 0 saturated carbocycles. The first kappa shape index (κ1) is 14.2. The summed E-state index contributed by atoms with van der Waals surface area (Å²) >= 11 is 0. The van der Waals surface area contributed by atoms with E-state index in [-0.39, 0.29) is 11.7 Å². The smallest absolute Gasteiger partial charge is 0.255 e. The van der Waals surface area contributed by atoms with E-state index in [0.717, 1.165) is 0 Å². The van der Waals surface area contributed by atoms with Gasteiger partial charge in [-0.15, -0.1) is 0 Å². The van der Waals surface area contributed by atoms with Gasteiger partial charge in [-0.3, -0.25) is 9.78 Å². The molecule has 1 heterocycles. The van der Waals surface area contributed by atoms with E-state index in [9.17, 15) is 13.2 Å². The zero-order valence-electron chi connectivity index (χ0n) is 10.5. The Morgan fingerprint density at radius 1 is 1.10 bits per heavy atom. The molecule has 1 aromatic carbocycles. The number of hydrogen-bond donors (Lipinski definition) is 2. The third kappa shape index (κ3) is 4.15. The van der Waals surface area contributed by atoms with Crippen LogP contribution in [0.1, 0.15) is 15.9 Å². The van der Waals surface area contributed by atoms with Crippen molar-refractivity contribution in [1.82, 2.24) is 4.98 Å². The van der Waals surface area contributed by atoms with Gasteiger partial charge in [0.25, 0.3) is 5.91 Å². The van der Waals surface area contributed by atoms with Crippen molar-refractivity contribution in [3.63, 3.8) is 0 Å². The number of nitrogens with two attached hydrogens (primary N) is 1. The minimum atomic E-state index is -3.55. The van der Waals surface area contributed by atoms with E-state index in [0.29, 0.717) is 16.8 Å². The lowest BCUT2D eigenvalue weighted by Gasteiger charge is -2.06. The van der Waals surface area contributed by atoms with Gasteiger partial charge in [-0.25, -0.2) is 13.6 Å². The SMILES string of the molecule is NS(=O)(=O)Cc1ccc(NC(=O)c2ccncc2)cc1. The highest BCUT2D eigenvalue weighted by Gasteiger charge is 2.07. The highest BCUT2D eigenvalue weighted by molar-refractivity contribution is 7.88. The maximum absolute atomic E-state index is 11.9. The molecular weight excluding hydrogens is 278 g/mol. The normalized spacial score (nSPS) is 11.1. The molecule has 0 atom stereocenters. The Kier molecular flexibility index (Phi) is 4.11. The predicted octanol–water partition coefficient (Wildman–Crippen LogP) is 1.12. The fraction of sp³-hybridized carbons (Fsp3) is 0.0769. The van der Waals surface area contributed by atoms with Crippen LogP contribution in [0.4, 0.5) is 5.69 Å². The first-order valence-corrected chi connectivity index (χ1v) is 7.46. The molecule has 0 aliphatic rings. The summed E-state index contributed by atoms with van der Waals surface area (Å²) in [7, 11) is -3.55. The number of sulfonamides is 1. The van der Waals surface area contributed by atoms with E-state index in [2.05, 4.69) is 10.3 Å². The van der Waals surface area contributed by atoms with Gasteiger partial charge < -0.3 is 5.32 Å². The standard InChI is InChI=1S/C13H13N3O3S/c14-20(18,19)9-10-1-3-12(4-2-10)16-13(17)11-5-7-15-8-6-11/h1-8H,9H2,(H,16,17)(H2,14,18,19). The quantitative estimate of drug-likeness (QED) is 0.881. The number of hydrogen-bond acceptors (Lipinski definition) is 4. The van der Waals surface area contributed by atoms with Crippen molar-refractivity contribution in [2.45, 2.75) is 5.75 Å². The summed E-state index contributed by atoms with van der Waals surface area (Å²) in [4.78, 5) is 15.7. The average Bonchev–Trinajstić information content (AvgIpc) is 2.40. The molecule has 0 saturated heterocycles. The highest BCUT2D eigenvalue weighted by Crippen LogP contribution is 2.12. The van der Waals surface area contributed by atoms with E-state index in [4.69, 9.17) is 5.14 Å². The molecule has 6 nitrogen and oxygen atoms in total. The van der Waals surface area contributed by atoms with Crippen molar-refractivity contribution in [3.05, 3.63) is 59.9 Å². The molecule has 3 N–H and O–H groups in total. The predicted molar refractivity (Wildman–Crippen MR) is 75.4 cm³/mol. The number of carbonyl (C=O) groups is 1. The molecule has 104 valence electrons. The molecule has 1 aromatic heterocycles. The summed E-state index contributed by atoms with van der Waals surface area (Å²) in [5.41, 5.74) is 1.63. The molecule has 0 radical (unpaired) electrons. The second kappa shape index (κ2) is 5.81. The molecule has 0 fully saturated rings. The molecule has 0 aliphatic carbocycles. The zero-order valence-corrected chi connectivity index (χ0v) is 11.3. The number of anilines is 1. The molecular formula is C13H13N3O3S. The van der Waals surface area contributed by atoms with Gasteiger partial charge in [0.05, 0.1) is 5.75 Å². The number of aromatic nitrogens is 1. The van der Waals surface area contributed by atoms with Gasteiger partial charge in [0.2, 0.25) is 10.0 Å². The van der Waals surface area contributed by atoms with E-state index < -0.39 is 10.0 Å². The van der Waals surface area contributed by atoms with Crippen LogP contribution in [-0.2, 0) is 15.8 Å². The second-order valence-electron chi connectivity index (χ2n) is 4.19. The Hall–Kier alpha value is -2.25. The van der Waals surface area contributed by atoms with Crippen molar-refractivity contribution < 1.29 is 13.2 Å². The third-order valence-corrected chi connectivity index (χ3v) is 3.26. The van der Waals surface area contributed by atoms with E-state index in [1.807, 2.05) is 0 Å². The second-order valence-corrected chi connectivity index (χ2v) is 5.81. The van der Waals surface area contributed by atoms with Gasteiger partial charge in [0, 0.05) is 23.6 Å². The number of primary sulfonamides is 1. The van der Waals surface area contributed by atoms with Crippen LogP contribution >= 0.6 is 0 Å². The number of amides is 1. The van der Waals surface area contributed by atoms with Gasteiger partial charge in [0.1, 0.15) is 0 Å². The Morgan fingerprint density at radius 3 is 2.25 bits per heavy atom. The van der Waals surface area contributed by atoms with Crippen LogP contribution in [0.5, 0.6) is 0 Å². The van der Waals surface area contributed by atoms with Gasteiger partial charge in [0.15, 0.2) is 0 Å². The number of nitrogens with one attached hydrogen (secondary N) is 1. The maximum atomic E-state index is 11.9. The Bertz CT molecular complexity index is 697. The molecule has 2 aromatic rings. The highest BCUT2D eigenvalue weighted by atomic mass is 32.2. The molecule has 2 rings (SSSR count). The van der Waals surface area contributed by atoms with Crippen LogP contribution in [0.25, 0.3) is 0 Å². The van der Waals surface area contributed by atoms with E-state index in [1.165, 1.54) is 12.4 Å². The zero-order chi connectivity index (χ0) is 14.6. The Labute approximate surface area is 116 Å². The van der Waals surface area contributed by atoms with E-state index >= 15 is 0 Å². The Balaban J connectivity index is 2.06. The molecule has 0 spiro atoms. The fourth-order valence-electron chi connectivity index (χ4n) is 1.62. The molecule has 0 unspecified atom stereocenters. The van der Waals surface area contributed by atoms with Crippen molar-refractivity contribution in [1.29, 1.82) is 0 Å². The molecule has 7 heteroatoms. The number of carbonyl (C=O) groups excluding carboxylic acids is 1. The summed E-state index contributed by atoms with van der Waals surface area (Å²) < 4.78 is 21.9. The van der Waals surface area contributed by atoms with Crippen LogP contribution < -0.4 is 10.5 Å². The average molecular weight is 291 g/mol. The maximum Gasteiger partial charge on any atom is 0.255 e. The van der Waals surface area contributed by atoms with Gasteiger partial charge >= 0.3 is 0 Å². The summed E-state index contributed by atoms with van der Waals surface area (Å²) in [6, 6.07) is 9.66. The minimum Gasteiger partial charge on any atom is -0.322 e. The van der Waals surface area contributed by atoms with Gasteiger partial charge in [-0.1, -0.05) is 12.1 Å². The van der Waals surface area contributed by atoms with Gasteiger partial charge in [-0.2, -0.15) is 0 Å². The lowest BCUT2D eigenvalue weighted by molar-refractivity contribution is 0.102. The number of pyridine rings is 1. The molecule has 0 aliphatic heterocycles. The number of benzene rings is 1. The first-order chi connectivity index (χ1) is 9.44. The number of nitrogens with zero attached hydrogens (tertiary/aromatic N) is 1. The van der Waals surface area contributed by atoms with Crippen molar-refractivity contribution in [2.24, 2.45) is 5.14 Å². The summed E-state index contributed by atoms with van der Waals surface area (Å²) in [6.07, 6.45) is 3.06. The van der Waals surface area contributed by atoms with E-state index in [1.54, 1.807) is 36.4 Å². The molecule has 20 heavy (non-hydrogen) atoms. The first-order valence-electron chi connectivity index (χ1n) is 5.75. The van der Waals surface area contributed by atoms with Crippen LogP contribution in [0.3, 0.4) is 0 Å². The molecule has 1 amide bonds. The third-order valence-electron chi connectivity index (χ3n) is 2.52. The monoisotopic (exact) mass is 291 g/mol. The number of rotatable bonds is 4. The van der Waals surface area contributed by atoms with Crippen LogP contribution in [0, 0.1) is 0 Å². The minimum absolute atomic E-state index is 0.231. The van der Waals surface area contributed by atoms with Crippen molar-refractivity contribution >= 4 is 21.6 Å². The summed E-state index contributed by atoms with van der Waals surface area (Å²) in [5.74, 6) is -0.488. The Morgan fingerprint density at radius 2 is 1.70 bits per heavy atom. The van der Waals surface area contributed by atoms with Gasteiger partial charge in [-0.05, 0) is 29.8 Å². The van der Waals surface area contributed by atoms with Crippen molar-refractivity contribution in [2.75, 3.05) is 5.32 Å². The largest absolute Gasteiger partial charge is 0.322 e. The summed E-state index contributed by atoms with van der Waals surface area (Å²) in [5, 5.41) is 7.66.